The maximum Gasteiger partial charge on any atom is 0.258 e. The smallest absolute Gasteiger partial charge is 0.258 e. The van der Waals surface area contributed by atoms with Gasteiger partial charge < -0.3 is 19.9 Å². The number of fused-ring (bicyclic) bond motifs is 1. The molecule has 0 unspecified atom stereocenters. The number of carbonyl (C=O) groups excluding carboxylic acids is 1. The Morgan fingerprint density at radius 3 is 2.92 bits per heavy atom. The van der Waals surface area contributed by atoms with Crippen LogP contribution in [-0.2, 0) is 4.74 Å². The first kappa shape index (κ1) is 16.4. The molecule has 9 heteroatoms. The minimum Gasteiger partial charge on any atom is -0.382 e. The van der Waals surface area contributed by atoms with Crippen LogP contribution in [0.25, 0.3) is 11.1 Å². The number of aromatic nitrogens is 4. The van der Waals surface area contributed by atoms with Crippen molar-refractivity contribution in [1.29, 1.82) is 0 Å². The number of ether oxygens (including phenoxy) is 1. The lowest BCUT2D eigenvalue weighted by Crippen LogP contribution is -2.42. The second-order valence-electron chi connectivity index (χ2n) is 6.20. The normalized spacial score (nSPS) is 17.6. The van der Waals surface area contributed by atoms with E-state index in [0.29, 0.717) is 59.3 Å². The highest BCUT2D eigenvalue weighted by molar-refractivity contribution is 6.06. The average molecular weight is 354 g/mol. The fourth-order valence-corrected chi connectivity index (χ4v) is 3.16. The largest absolute Gasteiger partial charge is 0.382 e. The highest BCUT2D eigenvalue weighted by Gasteiger charge is 2.30. The van der Waals surface area contributed by atoms with E-state index in [2.05, 4.69) is 20.1 Å². The van der Waals surface area contributed by atoms with E-state index in [0.717, 1.165) is 0 Å². The molecule has 0 aliphatic carbocycles. The molecule has 26 heavy (non-hydrogen) atoms. The summed E-state index contributed by atoms with van der Waals surface area (Å²) >= 11 is 0. The summed E-state index contributed by atoms with van der Waals surface area (Å²) < 4.78 is 11.0. The molecule has 0 aromatic carbocycles. The molecule has 3 aromatic rings. The Hall–Kier alpha value is -3.07. The number of anilines is 1. The van der Waals surface area contributed by atoms with Crippen LogP contribution in [0.15, 0.2) is 23.0 Å². The quantitative estimate of drug-likeness (QED) is 0.733. The van der Waals surface area contributed by atoms with Crippen molar-refractivity contribution in [3.8, 4) is 0 Å². The first-order chi connectivity index (χ1) is 12.5. The third-order valence-electron chi connectivity index (χ3n) is 4.39. The number of nitrogens with two attached hydrogens (primary N) is 1. The Kier molecular flexibility index (Phi) is 4.00. The van der Waals surface area contributed by atoms with Crippen LogP contribution in [0.2, 0.25) is 0 Å². The van der Waals surface area contributed by atoms with Gasteiger partial charge in [-0.05, 0) is 19.9 Å². The van der Waals surface area contributed by atoms with Gasteiger partial charge in [-0.15, -0.1) is 0 Å². The predicted octanol–water partition coefficient (Wildman–Crippen LogP) is 1.43. The van der Waals surface area contributed by atoms with Crippen LogP contribution >= 0.6 is 0 Å². The lowest BCUT2D eigenvalue weighted by Gasteiger charge is -2.33. The first-order valence-corrected chi connectivity index (χ1v) is 8.25. The average Bonchev–Trinajstić information content (AvgIpc) is 3.01. The van der Waals surface area contributed by atoms with Crippen LogP contribution in [-0.4, -0.2) is 50.6 Å². The molecule has 2 N–H and O–H groups in total. The molecule has 1 aliphatic heterocycles. The second kappa shape index (κ2) is 6.34. The highest BCUT2D eigenvalue weighted by Crippen LogP contribution is 2.27. The SMILES string of the molecule is Cc1cc(C(=O)N2CCO[C@H](c3nccnc3N)C2)c2c(C)noc2n1. The van der Waals surface area contributed by atoms with Crippen molar-refractivity contribution in [3.05, 3.63) is 41.1 Å². The molecule has 134 valence electrons. The monoisotopic (exact) mass is 354 g/mol. The summed E-state index contributed by atoms with van der Waals surface area (Å²) in [5.74, 6) is 0.186. The zero-order valence-corrected chi connectivity index (χ0v) is 14.5. The molecule has 1 saturated heterocycles. The van der Waals surface area contributed by atoms with E-state index < -0.39 is 6.10 Å². The Bertz CT molecular complexity index is 986. The fourth-order valence-electron chi connectivity index (χ4n) is 3.16. The van der Waals surface area contributed by atoms with E-state index in [-0.39, 0.29) is 5.91 Å². The summed E-state index contributed by atoms with van der Waals surface area (Å²) in [6.07, 6.45) is 2.67. The number of nitrogens with zero attached hydrogens (tertiary/aromatic N) is 5. The lowest BCUT2D eigenvalue weighted by atomic mass is 10.1. The van der Waals surface area contributed by atoms with Crippen molar-refractivity contribution in [2.24, 2.45) is 0 Å². The Morgan fingerprint density at radius 1 is 1.31 bits per heavy atom. The van der Waals surface area contributed by atoms with Crippen LogP contribution < -0.4 is 5.73 Å². The lowest BCUT2D eigenvalue weighted by molar-refractivity contribution is -0.0244. The van der Waals surface area contributed by atoms with E-state index in [1.807, 2.05) is 6.92 Å². The summed E-state index contributed by atoms with van der Waals surface area (Å²) in [6.45, 7) is 4.82. The van der Waals surface area contributed by atoms with Gasteiger partial charge >= 0.3 is 0 Å². The molecule has 0 radical (unpaired) electrons. The third-order valence-corrected chi connectivity index (χ3v) is 4.39. The van der Waals surface area contributed by atoms with E-state index in [9.17, 15) is 4.79 Å². The van der Waals surface area contributed by atoms with Crippen LogP contribution in [0.5, 0.6) is 0 Å². The number of pyridine rings is 1. The molecule has 1 fully saturated rings. The molecule has 3 aromatic heterocycles. The summed E-state index contributed by atoms with van der Waals surface area (Å²) in [5.41, 5.74) is 8.67. The van der Waals surface area contributed by atoms with Crippen molar-refractivity contribution in [3.63, 3.8) is 0 Å². The van der Waals surface area contributed by atoms with Gasteiger partial charge in [0.15, 0.2) is 0 Å². The summed E-state index contributed by atoms with van der Waals surface area (Å²) in [5, 5.41) is 4.57. The topological polar surface area (TPSA) is 120 Å². The number of hydrogen-bond donors (Lipinski definition) is 1. The predicted molar refractivity (Wildman–Crippen MR) is 92.3 cm³/mol. The van der Waals surface area contributed by atoms with Crippen molar-refractivity contribution >= 4 is 22.8 Å². The minimum atomic E-state index is -0.414. The number of amides is 1. The summed E-state index contributed by atoms with van der Waals surface area (Å²) in [6, 6.07) is 1.76. The standard InChI is InChI=1S/C17H18N6O3/c1-9-7-11(13-10(2)22-26-16(13)21-9)17(24)23-5-6-25-12(8-23)14-15(18)20-4-3-19-14/h3-4,7,12H,5-6,8H2,1-2H3,(H2,18,20)/t12-/m0/s1. The van der Waals surface area contributed by atoms with E-state index in [1.54, 1.807) is 24.1 Å². The fraction of sp³-hybridized carbons (Fsp3) is 0.353. The molecule has 1 aliphatic rings. The first-order valence-electron chi connectivity index (χ1n) is 8.25. The molecule has 4 heterocycles. The van der Waals surface area contributed by atoms with Crippen LogP contribution in [0.3, 0.4) is 0 Å². The summed E-state index contributed by atoms with van der Waals surface area (Å²) in [4.78, 5) is 27.5. The Balaban J connectivity index is 1.67. The van der Waals surface area contributed by atoms with Gasteiger partial charge in [-0.3, -0.25) is 9.78 Å². The van der Waals surface area contributed by atoms with Gasteiger partial charge in [0.2, 0.25) is 0 Å². The molecule has 0 spiro atoms. The molecule has 9 nitrogen and oxygen atoms in total. The number of nitrogen functional groups attached to an aromatic ring is 1. The number of carbonyl (C=O) groups is 1. The highest BCUT2D eigenvalue weighted by atomic mass is 16.5. The van der Waals surface area contributed by atoms with Gasteiger partial charge in [0, 0.05) is 24.6 Å². The number of aryl methyl sites for hydroxylation is 2. The van der Waals surface area contributed by atoms with Crippen molar-refractivity contribution < 1.29 is 14.1 Å². The van der Waals surface area contributed by atoms with Crippen LogP contribution in [0.4, 0.5) is 5.82 Å². The Labute approximate surface area is 149 Å². The maximum atomic E-state index is 13.2. The van der Waals surface area contributed by atoms with Gasteiger partial charge in [-0.1, -0.05) is 5.16 Å². The molecular weight excluding hydrogens is 336 g/mol. The van der Waals surface area contributed by atoms with Crippen molar-refractivity contribution in [2.75, 3.05) is 25.4 Å². The zero-order chi connectivity index (χ0) is 18.3. The van der Waals surface area contributed by atoms with Gasteiger partial charge in [0.1, 0.15) is 17.6 Å². The number of rotatable bonds is 2. The van der Waals surface area contributed by atoms with Crippen LogP contribution in [0.1, 0.15) is 33.5 Å². The number of hydrogen-bond acceptors (Lipinski definition) is 8. The van der Waals surface area contributed by atoms with Gasteiger partial charge in [0.25, 0.3) is 11.6 Å². The van der Waals surface area contributed by atoms with E-state index >= 15 is 0 Å². The van der Waals surface area contributed by atoms with Crippen molar-refractivity contribution in [1.82, 2.24) is 25.0 Å². The molecule has 1 amide bonds. The molecule has 1 atom stereocenters. The molecule has 0 saturated carbocycles. The molecule has 4 rings (SSSR count). The minimum absolute atomic E-state index is 0.123. The third kappa shape index (κ3) is 2.76. The molecular formula is C17H18N6O3. The van der Waals surface area contributed by atoms with Gasteiger partial charge in [-0.25, -0.2) is 9.97 Å². The van der Waals surface area contributed by atoms with Crippen molar-refractivity contribution in [2.45, 2.75) is 20.0 Å². The zero-order valence-electron chi connectivity index (χ0n) is 14.5. The van der Waals surface area contributed by atoms with E-state index in [4.69, 9.17) is 15.0 Å². The number of morpholine rings is 1. The van der Waals surface area contributed by atoms with Gasteiger partial charge in [-0.2, -0.15) is 0 Å². The van der Waals surface area contributed by atoms with Crippen LogP contribution in [0, 0.1) is 13.8 Å². The Morgan fingerprint density at radius 2 is 2.12 bits per heavy atom. The molecule has 0 bridgehead atoms. The summed E-state index contributed by atoms with van der Waals surface area (Å²) in [7, 11) is 0. The van der Waals surface area contributed by atoms with Gasteiger partial charge in [0.05, 0.1) is 29.8 Å². The maximum absolute atomic E-state index is 13.2. The second-order valence-corrected chi connectivity index (χ2v) is 6.20. The van der Waals surface area contributed by atoms with E-state index in [1.165, 1.54) is 6.20 Å².